The van der Waals surface area contributed by atoms with Crippen LogP contribution in [0.5, 0.6) is 5.75 Å². The van der Waals surface area contributed by atoms with Gasteiger partial charge in [0.05, 0.1) is 0 Å². The second-order valence-corrected chi connectivity index (χ2v) is 3.29. The van der Waals surface area contributed by atoms with Crippen LogP contribution in [-0.2, 0) is 9.59 Å². The molecule has 0 fully saturated rings. The van der Waals surface area contributed by atoms with Gasteiger partial charge in [0.2, 0.25) is 0 Å². The van der Waals surface area contributed by atoms with Crippen LogP contribution in [0.15, 0.2) is 30.3 Å². The summed E-state index contributed by atoms with van der Waals surface area (Å²) in [4.78, 5) is 21.7. The van der Waals surface area contributed by atoms with Crippen molar-refractivity contribution in [1.29, 1.82) is 0 Å². The maximum Gasteiger partial charge on any atom is 0.320 e. The lowest BCUT2D eigenvalue weighted by atomic mass is 10.1. The number of carboxylic acids is 1. The molecule has 0 aliphatic carbocycles. The van der Waals surface area contributed by atoms with Crippen molar-refractivity contribution >= 4 is 11.8 Å². The maximum atomic E-state index is 11.3. The largest absolute Gasteiger partial charge is 0.486 e. The summed E-state index contributed by atoms with van der Waals surface area (Å²) in [5.74, 6) is -0.952. The first-order valence-electron chi connectivity index (χ1n) is 4.77. The Bertz CT molecular complexity index is 364. The molecule has 1 aromatic carbocycles. The number of benzene rings is 1. The summed E-state index contributed by atoms with van der Waals surface area (Å²) in [6, 6.07) is 7.65. The summed E-state index contributed by atoms with van der Waals surface area (Å²) in [5.41, 5.74) is 5.21. The summed E-state index contributed by atoms with van der Waals surface area (Å²) in [5, 5.41) is 8.50. The van der Waals surface area contributed by atoms with E-state index in [-0.39, 0.29) is 18.8 Å². The van der Waals surface area contributed by atoms with E-state index in [1.165, 1.54) is 0 Å². The third-order valence-corrected chi connectivity index (χ3v) is 1.91. The van der Waals surface area contributed by atoms with Gasteiger partial charge in [0.1, 0.15) is 18.4 Å². The topological polar surface area (TPSA) is 89.6 Å². The van der Waals surface area contributed by atoms with Crippen molar-refractivity contribution in [2.45, 2.75) is 12.5 Å². The number of ketones is 1. The highest BCUT2D eigenvalue weighted by Gasteiger charge is 2.16. The highest BCUT2D eigenvalue weighted by Crippen LogP contribution is 2.08. The number of hydrogen-bond donors (Lipinski definition) is 2. The zero-order chi connectivity index (χ0) is 12.0. The lowest BCUT2D eigenvalue weighted by molar-refractivity contribution is -0.140. The van der Waals surface area contributed by atoms with Crippen LogP contribution in [0.3, 0.4) is 0 Å². The number of carbonyl (C=O) groups excluding carboxylic acids is 1. The normalized spacial score (nSPS) is 11.8. The zero-order valence-corrected chi connectivity index (χ0v) is 8.63. The van der Waals surface area contributed by atoms with Gasteiger partial charge in [-0.2, -0.15) is 0 Å². The molecule has 3 N–H and O–H groups in total. The molecule has 5 nitrogen and oxygen atoms in total. The van der Waals surface area contributed by atoms with Crippen LogP contribution >= 0.6 is 0 Å². The molecular weight excluding hydrogens is 210 g/mol. The van der Waals surface area contributed by atoms with Gasteiger partial charge in [-0.05, 0) is 12.1 Å². The SMILES string of the molecule is NC(CC(=O)COc1ccccc1)C(=O)O. The Morgan fingerprint density at radius 2 is 1.94 bits per heavy atom. The van der Waals surface area contributed by atoms with Gasteiger partial charge in [-0.15, -0.1) is 0 Å². The number of carboxylic acid groups (broad SMARTS) is 1. The lowest BCUT2D eigenvalue weighted by Crippen LogP contribution is -2.33. The van der Waals surface area contributed by atoms with E-state index < -0.39 is 12.0 Å². The molecule has 1 aromatic rings. The molecule has 0 amide bonds. The first-order valence-corrected chi connectivity index (χ1v) is 4.77. The van der Waals surface area contributed by atoms with Crippen molar-refractivity contribution in [2.75, 3.05) is 6.61 Å². The van der Waals surface area contributed by atoms with Gasteiger partial charge in [0, 0.05) is 6.42 Å². The van der Waals surface area contributed by atoms with Crippen molar-refractivity contribution in [3.05, 3.63) is 30.3 Å². The summed E-state index contributed by atoms with van der Waals surface area (Å²) >= 11 is 0. The van der Waals surface area contributed by atoms with E-state index in [4.69, 9.17) is 15.6 Å². The minimum Gasteiger partial charge on any atom is -0.486 e. The minimum absolute atomic E-state index is 0.162. The standard InChI is InChI=1S/C11H13NO4/c12-10(11(14)15)6-8(13)7-16-9-4-2-1-3-5-9/h1-5,10H,6-7,12H2,(H,14,15). The summed E-state index contributed by atoms with van der Waals surface area (Å²) < 4.78 is 5.15. The van der Waals surface area contributed by atoms with Crippen LogP contribution in [0.25, 0.3) is 0 Å². The molecule has 1 atom stereocenters. The van der Waals surface area contributed by atoms with Gasteiger partial charge in [-0.1, -0.05) is 18.2 Å². The molecule has 5 heteroatoms. The van der Waals surface area contributed by atoms with Crippen molar-refractivity contribution in [3.63, 3.8) is 0 Å². The van der Waals surface area contributed by atoms with Crippen molar-refractivity contribution < 1.29 is 19.4 Å². The number of rotatable bonds is 6. The molecule has 0 saturated carbocycles. The van der Waals surface area contributed by atoms with Crippen LogP contribution in [0, 0.1) is 0 Å². The summed E-state index contributed by atoms with van der Waals surface area (Å²) in [7, 11) is 0. The first-order chi connectivity index (χ1) is 7.59. The lowest BCUT2D eigenvalue weighted by Gasteiger charge is -2.07. The number of ether oxygens (including phenoxy) is 1. The fraction of sp³-hybridized carbons (Fsp3) is 0.273. The fourth-order valence-corrected chi connectivity index (χ4v) is 1.07. The number of para-hydroxylation sites is 1. The molecule has 86 valence electrons. The van der Waals surface area contributed by atoms with E-state index >= 15 is 0 Å². The third-order valence-electron chi connectivity index (χ3n) is 1.91. The van der Waals surface area contributed by atoms with Crippen LogP contribution in [0.2, 0.25) is 0 Å². The van der Waals surface area contributed by atoms with Gasteiger partial charge >= 0.3 is 5.97 Å². The molecule has 1 unspecified atom stereocenters. The molecule has 0 aromatic heterocycles. The highest BCUT2D eigenvalue weighted by atomic mass is 16.5. The summed E-state index contributed by atoms with van der Waals surface area (Å²) in [6.45, 7) is -0.162. The van der Waals surface area contributed by atoms with Crippen LogP contribution in [0.1, 0.15) is 6.42 Å². The maximum absolute atomic E-state index is 11.3. The smallest absolute Gasteiger partial charge is 0.320 e. The number of aliphatic carboxylic acids is 1. The van der Waals surface area contributed by atoms with E-state index in [0.29, 0.717) is 5.75 Å². The van der Waals surface area contributed by atoms with E-state index in [0.717, 1.165) is 0 Å². The molecule has 0 spiro atoms. The average molecular weight is 223 g/mol. The van der Waals surface area contributed by atoms with E-state index in [2.05, 4.69) is 0 Å². The molecule has 1 rings (SSSR count). The summed E-state index contributed by atoms with van der Waals surface area (Å²) in [6.07, 6.45) is -0.220. The van der Waals surface area contributed by atoms with Gasteiger partial charge < -0.3 is 15.6 Å². The molecule has 16 heavy (non-hydrogen) atoms. The predicted octanol–water partition coefficient (Wildman–Crippen LogP) is 0.436. The monoisotopic (exact) mass is 223 g/mol. The minimum atomic E-state index is -1.19. The molecule has 0 saturated heterocycles. The van der Waals surface area contributed by atoms with Crippen LogP contribution in [0.4, 0.5) is 0 Å². The van der Waals surface area contributed by atoms with E-state index in [1.54, 1.807) is 24.3 Å². The second-order valence-electron chi connectivity index (χ2n) is 3.29. The Labute approximate surface area is 92.8 Å². The second kappa shape index (κ2) is 5.87. The average Bonchev–Trinajstić information content (AvgIpc) is 2.27. The Kier molecular flexibility index (Phi) is 4.47. The molecule has 0 aliphatic heterocycles. The van der Waals surface area contributed by atoms with Gasteiger partial charge in [0.25, 0.3) is 0 Å². The first kappa shape index (κ1) is 12.2. The highest BCUT2D eigenvalue weighted by molar-refractivity contribution is 5.86. The zero-order valence-electron chi connectivity index (χ0n) is 8.63. The Morgan fingerprint density at radius 1 is 1.31 bits per heavy atom. The molecule has 0 aliphatic rings. The van der Waals surface area contributed by atoms with Crippen molar-refractivity contribution in [1.82, 2.24) is 0 Å². The van der Waals surface area contributed by atoms with E-state index in [9.17, 15) is 9.59 Å². The van der Waals surface area contributed by atoms with Crippen LogP contribution < -0.4 is 10.5 Å². The Hall–Kier alpha value is -1.88. The Morgan fingerprint density at radius 3 is 2.50 bits per heavy atom. The molecule has 0 bridgehead atoms. The number of Topliss-reactive ketones (excluding diaryl/α,β-unsaturated/α-hetero) is 1. The number of hydrogen-bond acceptors (Lipinski definition) is 4. The molecule has 0 heterocycles. The van der Waals surface area contributed by atoms with Gasteiger partial charge in [0.15, 0.2) is 5.78 Å². The number of carbonyl (C=O) groups is 2. The van der Waals surface area contributed by atoms with Crippen molar-refractivity contribution in [2.24, 2.45) is 5.73 Å². The van der Waals surface area contributed by atoms with Gasteiger partial charge in [-0.25, -0.2) is 0 Å². The Balaban J connectivity index is 2.33. The fourth-order valence-electron chi connectivity index (χ4n) is 1.07. The van der Waals surface area contributed by atoms with Gasteiger partial charge in [-0.3, -0.25) is 9.59 Å². The van der Waals surface area contributed by atoms with Crippen molar-refractivity contribution in [3.8, 4) is 5.75 Å². The third kappa shape index (κ3) is 4.10. The quantitative estimate of drug-likeness (QED) is 0.730. The van der Waals surface area contributed by atoms with Crippen LogP contribution in [-0.4, -0.2) is 29.5 Å². The number of nitrogens with two attached hydrogens (primary N) is 1. The predicted molar refractivity (Wildman–Crippen MR) is 57.2 cm³/mol. The molecular formula is C11H13NO4. The van der Waals surface area contributed by atoms with E-state index in [1.807, 2.05) is 6.07 Å². The molecule has 0 radical (unpaired) electrons.